The minimum Gasteiger partial charge on any atom is -0.481 e. The van der Waals surface area contributed by atoms with E-state index < -0.39 is 0 Å². The Morgan fingerprint density at radius 1 is 1.50 bits per heavy atom. The zero-order valence-electron chi connectivity index (χ0n) is 8.08. The molecule has 0 radical (unpaired) electrons. The van der Waals surface area contributed by atoms with Gasteiger partial charge in [-0.1, -0.05) is 0 Å². The molecule has 0 spiro atoms. The summed E-state index contributed by atoms with van der Waals surface area (Å²) in [6.07, 6.45) is 0.846. The lowest BCUT2D eigenvalue weighted by Gasteiger charge is -1.96. The molecule has 2 rings (SSSR count). The van der Waals surface area contributed by atoms with Gasteiger partial charge in [0.05, 0.1) is 7.11 Å². The summed E-state index contributed by atoms with van der Waals surface area (Å²) in [7, 11) is 1.61. The minimum atomic E-state index is 0.624. The first-order valence-electron chi connectivity index (χ1n) is 4.56. The molecule has 0 unspecified atom stereocenters. The maximum absolute atomic E-state index is 5.47. The van der Waals surface area contributed by atoms with Crippen molar-refractivity contribution in [2.75, 3.05) is 13.7 Å². The van der Waals surface area contributed by atoms with Crippen molar-refractivity contribution < 1.29 is 4.74 Å². The summed E-state index contributed by atoms with van der Waals surface area (Å²) in [5, 5.41) is 1.09. The van der Waals surface area contributed by atoms with E-state index in [1.54, 1.807) is 7.11 Å². The topological polar surface area (TPSA) is 63.9 Å². The molecule has 2 aromatic heterocycles. The third-order valence-corrected chi connectivity index (χ3v) is 2.13. The van der Waals surface area contributed by atoms with Gasteiger partial charge in [-0.25, -0.2) is 0 Å². The number of hydrogen-bond donors (Lipinski definition) is 2. The normalized spacial score (nSPS) is 10.7. The van der Waals surface area contributed by atoms with E-state index in [1.165, 1.54) is 0 Å². The van der Waals surface area contributed by atoms with Crippen LogP contribution in [0.4, 0.5) is 0 Å². The van der Waals surface area contributed by atoms with Gasteiger partial charge < -0.3 is 15.5 Å². The van der Waals surface area contributed by atoms with Crippen molar-refractivity contribution in [1.29, 1.82) is 0 Å². The number of nitrogens with two attached hydrogens (primary N) is 1. The maximum Gasteiger partial charge on any atom is 0.214 e. The Kier molecular flexibility index (Phi) is 2.37. The van der Waals surface area contributed by atoms with Crippen LogP contribution >= 0.6 is 0 Å². The summed E-state index contributed by atoms with van der Waals surface area (Å²) >= 11 is 0. The molecular formula is C10H13N3O. The molecule has 2 aromatic rings. The summed E-state index contributed by atoms with van der Waals surface area (Å²) in [4.78, 5) is 7.48. The highest BCUT2D eigenvalue weighted by molar-refractivity contribution is 5.77. The minimum absolute atomic E-state index is 0.624. The second-order valence-corrected chi connectivity index (χ2v) is 3.12. The molecule has 3 N–H and O–H groups in total. The van der Waals surface area contributed by atoms with Gasteiger partial charge in [0.1, 0.15) is 5.65 Å². The van der Waals surface area contributed by atoms with Gasteiger partial charge in [0, 0.05) is 17.1 Å². The van der Waals surface area contributed by atoms with E-state index in [-0.39, 0.29) is 0 Å². The van der Waals surface area contributed by atoms with Crippen LogP contribution < -0.4 is 10.5 Å². The Balaban J connectivity index is 2.43. The lowest BCUT2D eigenvalue weighted by molar-refractivity contribution is 0.399. The number of aromatic amines is 1. The molecule has 4 heteroatoms. The monoisotopic (exact) mass is 191 g/mol. The van der Waals surface area contributed by atoms with Crippen molar-refractivity contribution in [3.63, 3.8) is 0 Å². The third-order valence-electron chi connectivity index (χ3n) is 2.13. The van der Waals surface area contributed by atoms with Crippen LogP contribution in [0.2, 0.25) is 0 Å². The second kappa shape index (κ2) is 3.67. The first kappa shape index (κ1) is 9.02. The number of H-pyrrole nitrogens is 1. The predicted molar refractivity (Wildman–Crippen MR) is 55.4 cm³/mol. The van der Waals surface area contributed by atoms with E-state index in [9.17, 15) is 0 Å². The molecule has 0 aliphatic heterocycles. The van der Waals surface area contributed by atoms with Crippen LogP contribution in [0, 0.1) is 0 Å². The highest BCUT2D eigenvalue weighted by atomic mass is 16.5. The number of nitrogens with zero attached hydrogens (tertiary/aromatic N) is 1. The van der Waals surface area contributed by atoms with Crippen molar-refractivity contribution >= 4 is 11.0 Å². The first-order valence-corrected chi connectivity index (χ1v) is 4.56. The molecule has 0 saturated heterocycles. The average molecular weight is 191 g/mol. The molecule has 0 aromatic carbocycles. The highest BCUT2D eigenvalue weighted by Gasteiger charge is 2.02. The van der Waals surface area contributed by atoms with E-state index in [1.807, 2.05) is 12.1 Å². The van der Waals surface area contributed by atoms with Crippen LogP contribution in [0.15, 0.2) is 18.2 Å². The molecule has 0 aliphatic carbocycles. The van der Waals surface area contributed by atoms with Gasteiger partial charge in [-0.3, -0.25) is 0 Å². The fourth-order valence-electron chi connectivity index (χ4n) is 1.45. The van der Waals surface area contributed by atoms with Crippen LogP contribution in [0.25, 0.3) is 11.0 Å². The Bertz CT molecular complexity index is 436. The fourth-order valence-corrected chi connectivity index (χ4v) is 1.45. The zero-order chi connectivity index (χ0) is 9.97. The maximum atomic E-state index is 5.47. The van der Waals surface area contributed by atoms with Crippen molar-refractivity contribution in [1.82, 2.24) is 9.97 Å². The summed E-state index contributed by atoms with van der Waals surface area (Å²) in [5.74, 6) is 0.624. The Labute approximate surface area is 82.1 Å². The van der Waals surface area contributed by atoms with Crippen molar-refractivity contribution in [2.45, 2.75) is 6.42 Å². The SMILES string of the molecule is COc1ccc2cc(CCN)[nH]c2n1. The van der Waals surface area contributed by atoms with Crippen LogP contribution in [0.3, 0.4) is 0 Å². The Morgan fingerprint density at radius 3 is 3.07 bits per heavy atom. The number of hydrogen-bond acceptors (Lipinski definition) is 3. The number of pyridine rings is 1. The standard InChI is InChI=1S/C10H13N3O/c1-14-9-3-2-7-6-8(4-5-11)12-10(7)13-9/h2-3,6H,4-5,11H2,1H3,(H,12,13). The average Bonchev–Trinajstić information content (AvgIpc) is 2.59. The van der Waals surface area contributed by atoms with E-state index in [0.29, 0.717) is 12.4 Å². The van der Waals surface area contributed by atoms with E-state index in [4.69, 9.17) is 10.5 Å². The lowest BCUT2D eigenvalue weighted by atomic mass is 10.3. The molecule has 0 bridgehead atoms. The number of rotatable bonds is 3. The number of fused-ring (bicyclic) bond motifs is 1. The molecule has 0 saturated carbocycles. The molecular weight excluding hydrogens is 178 g/mol. The second-order valence-electron chi connectivity index (χ2n) is 3.12. The molecule has 14 heavy (non-hydrogen) atoms. The lowest BCUT2D eigenvalue weighted by Crippen LogP contribution is -2.02. The predicted octanol–water partition coefficient (Wildman–Crippen LogP) is 1.07. The fraction of sp³-hybridized carbons (Fsp3) is 0.300. The summed E-state index contributed by atoms with van der Waals surface area (Å²) in [6, 6.07) is 5.90. The molecule has 74 valence electrons. The summed E-state index contributed by atoms with van der Waals surface area (Å²) < 4.78 is 5.04. The summed E-state index contributed by atoms with van der Waals surface area (Å²) in [5.41, 5.74) is 7.44. The number of aromatic nitrogens is 2. The van der Waals surface area contributed by atoms with Crippen LogP contribution in [-0.4, -0.2) is 23.6 Å². The van der Waals surface area contributed by atoms with Gasteiger partial charge in [-0.2, -0.15) is 4.98 Å². The molecule has 0 aliphatic rings. The molecule has 0 atom stereocenters. The van der Waals surface area contributed by atoms with Gasteiger partial charge in [0.15, 0.2) is 0 Å². The molecule has 0 amide bonds. The Hall–Kier alpha value is -1.55. The van der Waals surface area contributed by atoms with Gasteiger partial charge in [0.25, 0.3) is 0 Å². The number of methoxy groups -OCH3 is 1. The zero-order valence-corrected chi connectivity index (χ0v) is 8.08. The van der Waals surface area contributed by atoms with Crippen LogP contribution in [0.5, 0.6) is 5.88 Å². The van der Waals surface area contributed by atoms with Crippen molar-refractivity contribution in [2.24, 2.45) is 5.73 Å². The van der Waals surface area contributed by atoms with E-state index in [2.05, 4.69) is 16.0 Å². The first-order chi connectivity index (χ1) is 6.83. The smallest absolute Gasteiger partial charge is 0.214 e. The quantitative estimate of drug-likeness (QED) is 0.762. The van der Waals surface area contributed by atoms with Gasteiger partial charge in [-0.15, -0.1) is 0 Å². The Morgan fingerprint density at radius 2 is 2.36 bits per heavy atom. The summed E-state index contributed by atoms with van der Waals surface area (Å²) in [6.45, 7) is 0.643. The molecule has 0 fully saturated rings. The van der Waals surface area contributed by atoms with E-state index >= 15 is 0 Å². The number of nitrogens with one attached hydrogen (secondary N) is 1. The van der Waals surface area contributed by atoms with Gasteiger partial charge in [0.2, 0.25) is 5.88 Å². The van der Waals surface area contributed by atoms with Crippen molar-refractivity contribution in [3.05, 3.63) is 23.9 Å². The van der Waals surface area contributed by atoms with Crippen LogP contribution in [-0.2, 0) is 6.42 Å². The van der Waals surface area contributed by atoms with Gasteiger partial charge in [-0.05, 0) is 25.1 Å². The largest absolute Gasteiger partial charge is 0.481 e. The number of ether oxygens (including phenoxy) is 1. The molecule has 2 heterocycles. The van der Waals surface area contributed by atoms with Crippen LogP contribution in [0.1, 0.15) is 5.69 Å². The highest BCUT2D eigenvalue weighted by Crippen LogP contribution is 2.17. The van der Waals surface area contributed by atoms with E-state index in [0.717, 1.165) is 23.1 Å². The van der Waals surface area contributed by atoms with Crippen molar-refractivity contribution in [3.8, 4) is 5.88 Å². The molecule has 4 nitrogen and oxygen atoms in total. The third kappa shape index (κ3) is 1.56. The van der Waals surface area contributed by atoms with Gasteiger partial charge >= 0.3 is 0 Å².